The van der Waals surface area contributed by atoms with E-state index in [9.17, 15) is 4.79 Å². The SMILES string of the molecule is CC(=O)Nc1cc(C)cc(-c2nnc(Nc3ccc4c(c3)C=NC4)s2)c1. The highest BCUT2D eigenvalue weighted by molar-refractivity contribution is 7.18. The van der Waals surface area contributed by atoms with Gasteiger partial charge in [0.1, 0.15) is 5.01 Å². The van der Waals surface area contributed by atoms with Gasteiger partial charge in [0.05, 0.1) is 6.54 Å². The maximum atomic E-state index is 11.3. The molecule has 130 valence electrons. The first-order valence-electron chi connectivity index (χ1n) is 8.20. The number of fused-ring (bicyclic) bond motifs is 1. The normalized spacial score (nSPS) is 12.1. The third-order valence-corrected chi connectivity index (χ3v) is 4.85. The second-order valence-electron chi connectivity index (χ2n) is 6.19. The van der Waals surface area contributed by atoms with Gasteiger partial charge >= 0.3 is 0 Å². The van der Waals surface area contributed by atoms with Crippen LogP contribution in [0.1, 0.15) is 23.6 Å². The Bertz CT molecular complexity index is 1020. The molecule has 1 aliphatic rings. The van der Waals surface area contributed by atoms with Crippen molar-refractivity contribution in [2.75, 3.05) is 10.6 Å². The number of aliphatic imine (C=N–C) groups is 1. The molecule has 7 heteroatoms. The van der Waals surface area contributed by atoms with Crippen molar-refractivity contribution in [1.29, 1.82) is 0 Å². The molecule has 0 radical (unpaired) electrons. The summed E-state index contributed by atoms with van der Waals surface area (Å²) in [4.78, 5) is 15.6. The zero-order valence-electron chi connectivity index (χ0n) is 14.4. The van der Waals surface area contributed by atoms with Crippen LogP contribution in [0.3, 0.4) is 0 Å². The van der Waals surface area contributed by atoms with E-state index >= 15 is 0 Å². The fraction of sp³-hybridized carbons (Fsp3) is 0.158. The van der Waals surface area contributed by atoms with Crippen molar-refractivity contribution in [3.8, 4) is 10.6 Å². The Balaban J connectivity index is 1.57. The first kappa shape index (κ1) is 16.4. The molecule has 0 fully saturated rings. The monoisotopic (exact) mass is 363 g/mol. The lowest BCUT2D eigenvalue weighted by atomic mass is 10.1. The molecule has 0 aliphatic carbocycles. The molecule has 0 spiro atoms. The summed E-state index contributed by atoms with van der Waals surface area (Å²) >= 11 is 1.47. The topological polar surface area (TPSA) is 79.3 Å². The minimum absolute atomic E-state index is 0.0960. The number of carbonyl (C=O) groups is 1. The Hall–Kier alpha value is -3.06. The minimum atomic E-state index is -0.0960. The van der Waals surface area contributed by atoms with Gasteiger partial charge in [-0.05, 0) is 53.9 Å². The number of anilines is 3. The summed E-state index contributed by atoms with van der Waals surface area (Å²) < 4.78 is 0. The molecule has 1 aliphatic heterocycles. The lowest BCUT2D eigenvalue weighted by Crippen LogP contribution is -2.05. The molecule has 1 aromatic heterocycles. The maximum Gasteiger partial charge on any atom is 0.221 e. The number of carbonyl (C=O) groups excluding carboxylic acids is 1. The highest BCUT2D eigenvalue weighted by atomic mass is 32.1. The van der Waals surface area contributed by atoms with Crippen LogP contribution in [0.15, 0.2) is 41.4 Å². The van der Waals surface area contributed by atoms with Crippen LogP contribution in [0.2, 0.25) is 0 Å². The van der Waals surface area contributed by atoms with Gasteiger partial charge < -0.3 is 10.6 Å². The fourth-order valence-electron chi connectivity index (χ4n) is 2.88. The van der Waals surface area contributed by atoms with Crippen molar-refractivity contribution in [1.82, 2.24) is 10.2 Å². The molecule has 0 unspecified atom stereocenters. The van der Waals surface area contributed by atoms with E-state index < -0.39 is 0 Å². The molecular formula is C19H17N5OS. The molecular weight excluding hydrogens is 346 g/mol. The van der Waals surface area contributed by atoms with Gasteiger partial charge in [0.2, 0.25) is 11.0 Å². The summed E-state index contributed by atoms with van der Waals surface area (Å²) in [5, 5.41) is 16.2. The second kappa shape index (κ2) is 6.68. The number of nitrogens with one attached hydrogen (secondary N) is 2. The van der Waals surface area contributed by atoms with Gasteiger partial charge in [0, 0.05) is 30.1 Å². The van der Waals surface area contributed by atoms with E-state index in [1.165, 1.54) is 23.8 Å². The molecule has 0 bridgehead atoms. The first-order chi connectivity index (χ1) is 12.6. The summed E-state index contributed by atoms with van der Waals surface area (Å²) in [7, 11) is 0. The first-order valence-corrected chi connectivity index (χ1v) is 9.01. The van der Waals surface area contributed by atoms with E-state index in [0.29, 0.717) is 0 Å². The molecule has 0 saturated heterocycles. The number of hydrogen-bond acceptors (Lipinski definition) is 6. The molecule has 2 N–H and O–H groups in total. The van der Waals surface area contributed by atoms with Crippen molar-refractivity contribution < 1.29 is 4.79 Å². The maximum absolute atomic E-state index is 11.3. The number of hydrogen-bond donors (Lipinski definition) is 2. The highest BCUT2D eigenvalue weighted by Gasteiger charge is 2.11. The number of amides is 1. The van der Waals surface area contributed by atoms with Crippen molar-refractivity contribution in [3.63, 3.8) is 0 Å². The van der Waals surface area contributed by atoms with Crippen LogP contribution >= 0.6 is 11.3 Å². The van der Waals surface area contributed by atoms with Crippen LogP contribution in [0, 0.1) is 6.92 Å². The molecule has 0 saturated carbocycles. The van der Waals surface area contributed by atoms with Crippen LogP contribution in [0.4, 0.5) is 16.5 Å². The largest absolute Gasteiger partial charge is 0.330 e. The number of rotatable bonds is 4. The number of aryl methyl sites for hydroxylation is 1. The Kier molecular flexibility index (Phi) is 4.22. The number of benzene rings is 2. The molecule has 4 rings (SSSR count). The van der Waals surface area contributed by atoms with Crippen molar-refractivity contribution in [3.05, 3.63) is 53.1 Å². The average molecular weight is 363 g/mol. The smallest absolute Gasteiger partial charge is 0.221 e. The van der Waals surface area contributed by atoms with Crippen LogP contribution in [-0.4, -0.2) is 22.3 Å². The predicted octanol–water partition coefficient (Wildman–Crippen LogP) is 4.15. The van der Waals surface area contributed by atoms with E-state index in [4.69, 9.17) is 0 Å². The minimum Gasteiger partial charge on any atom is -0.330 e. The molecule has 0 atom stereocenters. The summed E-state index contributed by atoms with van der Waals surface area (Å²) in [6, 6.07) is 12.0. The average Bonchev–Trinajstić information content (AvgIpc) is 3.22. The Morgan fingerprint density at radius 3 is 2.85 bits per heavy atom. The highest BCUT2D eigenvalue weighted by Crippen LogP contribution is 2.31. The number of nitrogens with zero attached hydrogens (tertiary/aromatic N) is 3. The van der Waals surface area contributed by atoms with Gasteiger partial charge in [0.25, 0.3) is 0 Å². The Morgan fingerprint density at radius 2 is 2.00 bits per heavy atom. The lowest BCUT2D eigenvalue weighted by Gasteiger charge is -2.06. The van der Waals surface area contributed by atoms with E-state index in [0.717, 1.165) is 44.7 Å². The van der Waals surface area contributed by atoms with Crippen molar-refractivity contribution in [2.24, 2.45) is 4.99 Å². The third kappa shape index (κ3) is 3.48. The van der Waals surface area contributed by atoms with Crippen molar-refractivity contribution in [2.45, 2.75) is 20.4 Å². The van der Waals surface area contributed by atoms with Gasteiger partial charge in [0.15, 0.2) is 0 Å². The van der Waals surface area contributed by atoms with Gasteiger partial charge in [-0.1, -0.05) is 17.4 Å². The fourth-order valence-corrected chi connectivity index (χ4v) is 3.63. The van der Waals surface area contributed by atoms with Crippen molar-refractivity contribution >= 4 is 40.0 Å². The summed E-state index contributed by atoms with van der Waals surface area (Å²) in [6.45, 7) is 4.24. The van der Waals surface area contributed by atoms with E-state index in [1.807, 2.05) is 37.4 Å². The van der Waals surface area contributed by atoms with Crippen LogP contribution in [-0.2, 0) is 11.3 Å². The zero-order valence-corrected chi connectivity index (χ0v) is 15.2. The zero-order chi connectivity index (χ0) is 18.1. The van der Waals surface area contributed by atoms with E-state index in [-0.39, 0.29) is 5.91 Å². The molecule has 6 nitrogen and oxygen atoms in total. The molecule has 3 aromatic rings. The van der Waals surface area contributed by atoms with Crippen LogP contribution in [0.5, 0.6) is 0 Å². The molecule has 1 amide bonds. The third-order valence-electron chi connectivity index (χ3n) is 3.96. The Labute approximate surface area is 155 Å². The molecule has 2 aromatic carbocycles. The van der Waals surface area contributed by atoms with E-state index in [1.54, 1.807) is 0 Å². The number of aromatic nitrogens is 2. The van der Waals surface area contributed by atoms with Gasteiger partial charge in [-0.3, -0.25) is 9.79 Å². The van der Waals surface area contributed by atoms with Gasteiger partial charge in [-0.15, -0.1) is 10.2 Å². The molecule has 2 heterocycles. The Morgan fingerprint density at radius 1 is 1.12 bits per heavy atom. The van der Waals surface area contributed by atoms with Crippen LogP contribution in [0.25, 0.3) is 10.6 Å². The van der Waals surface area contributed by atoms with Gasteiger partial charge in [-0.25, -0.2) is 0 Å². The summed E-state index contributed by atoms with van der Waals surface area (Å²) in [6.07, 6.45) is 1.89. The molecule has 26 heavy (non-hydrogen) atoms. The van der Waals surface area contributed by atoms with Crippen LogP contribution < -0.4 is 10.6 Å². The quantitative estimate of drug-likeness (QED) is 0.730. The second-order valence-corrected chi connectivity index (χ2v) is 7.17. The standard InChI is InChI=1S/C19H17N5OS/c1-11-5-14(7-17(6-11)21-12(2)25)18-23-24-19(26-18)22-16-4-3-13-9-20-10-15(13)8-16/h3-8,10H,9H2,1-2H3,(H,21,25)(H,22,24). The summed E-state index contributed by atoms with van der Waals surface area (Å²) in [5.41, 5.74) is 6.07. The predicted molar refractivity (Wildman–Crippen MR) is 105 cm³/mol. The van der Waals surface area contributed by atoms with Gasteiger partial charge in [-0.2, -0.15) is 0 Å². The van der Waals surface area contributed by atoms with E-state index in [2.05, 4.69) is 38.0 Å². The lowest BCUT2D eigenvalue weighted by molar-refractivity contribution is -0.114. The summed E-state index contributed by atoms with van der Waals surface area (Å²) in [5.74, 6) is -0.0960.